The SMILES string of the molecule is CCN1CCN(c2c(CN(C(=O)C(C)C)C3CC3)c(C)nn2-c2cccc(F)c2)CC1. The zero-order valence-electron chi connectivity index (χ0n) is 19.1. The second-order valence-electron chi connectivity index (χ2n) is 9.05. The van der Waals surface area contributed by atoms with Crippen molar-refractivity contribution in [1.82, 2.24) is 19.6 Å². The van der Waals surface area contributed by atoms with Gasteiger partial charge in [-0.3, -0.25) is 4.79 Å². The number of rotatable bonds is 7. The molecule has 1 saturated heterocycles. The number of benzene rings is 1. The summed E-state index contributed by atoms with van der Waals surface area (Å²) in [6.07, 6.45) is 2.14. The number of hydrogen-bond acceptors (Lipinski definition) is 4. The van der Waals surface area contributed by atoms with Crippen molar-refractivity contribution in [3.8, 4) is 5.69 Å². The number of amides is 1. The largest absolute Gasteiger partial charge is 0.354 e. The van der Waals surface area contributed by atoms with Crippen LogP contribution >= 0.6 is 0 Å². The fourth-order valence-electron chi connectivity index (χ4n) is 4.40. The van der Waals surface area contributed by atoms with E-state index < -0.39 is 0 Å². The maximum Gasteiger partial charge on any atom is 0.225 e. The van der Waals surface area contributed by atoms with E-state index in [-0.39, 0.29) is 17.6 Å². The molecule has 2 fully saturated rings. The van der Waals surface area contributed by atoms with Gasteiger partial charge in [-0.1, -0.05) is 26.8 Å². The number of anilines is 1. The van der Waals surface area contributed by atoms with Crippen LogP contribution in [0.1, 0.15) is 44.9 Å². The van der Waals surface area contributed by atoms with Crippen molar-refractivity contribution in [1.29, 1.82) is 0 Å². The summed E-state index contributed by atoms with van der Waals surface area (Å²) >= 11 is 0. The molecule has 0 spiro atoms. The fraction of sp³-hybridized carbons (Fsp3) is 0.583. The van der Waals surface area contributed by atoms with Crippen molar-refractivity contribution in [2.24, 2.45) is 5.92 Å². The Balaban J connectivity index is 1.74. The van der Waals surface area contributed by atoms with Crippen LogP contribution in [0.4, 0.5) is 10.2 Å². The number of carbonyl (C=O) groups excluding carboxylic acids is 1. The van der Waals surface area contributed by atoms with Gasteiger partial charge in [0.05, 0.1) is 17.9 Å². The Hall–Kier alpha value is -2.41. The minimum Gasteiger partial charge on any atom is -0.354 e. The van der Waals surface area contributed by atoms with Gasteiger partial charge in [0.15, 0.2) is 0 Å². The summed E-state index contributed by atoms with van der Waals surface area (Å²) in [5, 5.41) is 4.83. The molecular formula is C24H34FN5O. The van der Waals surface area contributed by atoms with Crippen molar-refractivity contribution in [2.45, 2.75) is 53.1 Å². The monoisotopic (exact) mass is 427 g/mol. The molecule has 2 aliphatic rings. The maximum absolute atomic E-state index is 14.0. The highest BCUT2D eigenvalue weighted by Crippen LogP contribution is 2.34. The van der Waals surface area contributed by atoms with Crippen LogP contribution in [-0.4, -0.2) is 64.3 Å². The molecule has 2 aromatic rings. The first-order valence-corrected chi connectivity index (χ1v) is 11.5. The van der Waals surface area contributed by atoms with Crippen LogP contribution in [0.2, 0.25) is 0 Å². The Labute approximate surface area is 184 Å². The molecule has 31 heavy (non-hydrogen) atoms. The van der Waals surface area contributed by atoms with Crippen LogP contribution in [0.25, 0.3) is 5.69 Å². The quantitative estimate of drug-likeness (QED) is 0.677. The van der Waals surface area contributed by atoms with Gasteiger partial charge < -0.3 is 14.7 Å². The highest BCUT2D eigenvalue weighted by molar-refractivity contribution is 5.79. The standard InChI is InChI=1S/C24H34FN5O/c1-5-27-11-13-28(14-12-27)23-22(16-29(20-9-10-20)24(31)17(2)3)18(4)26-30(23)21-8-6-7-19(25)15-21/h6-8,15,17,20H,5,9-14,16H2,1-4H3. The summed E-state index contributed by atoms with van der Waals surface area (Å²) in [7, 11) is 0. The molecule has 1 amide bonds. The van der Waals surface area contributed by atoms with Gasteiger partial charge in [0.25, 0.3) is 0 Å². The summed E-state index contributed by atoms with van der Waals surface area (Å²) in [6.45, 7) is 13.5. The molecular weight excluding hydrogens is 393 g/mol. The highest BCUT2D eigenvalue weighted by Gasteiger charge is 2.36. The van der Waals surface area contributed by atoms with Gasteiger partial charge in [0, 0.05) is 43.7 Å². The van der Waals surface area contributed by atoms with Crippen LogP contribution in [-0.2, 0) is 11.3 Å². The van der Waals surface area contributed by atoms with E-state index >= 15 is 0 Å². The van der Waals surface area contributed by atoms with Crippen molar-refractivity contribution in [3.05, 3.63) is 41.3 Å². The minimum absolute atomic E-state index is 0.0317. The number of piperazine rings is 1. The van der Waals surface area contributed by atoms with E-state index in [0.717, 1.165) is 68.3 Å². The number of aryl methyl sites for hydroxylation is 1. The lowest BCUT2D eigenvalue weighted by Gasteiger charge is -2.36. The molecule has 1 aromatic carbocycles. The van der Waals surface area contributed by atoms with Gasteiger partial charge in [-0.15, -0.1) is 0 Å². The van der Waals surface area contributed by atoms with Crippen LogP contribution in [0.3, 0.4) is 0 Å². The molecule has 7 heteroatoms. The number of likely N-dealkylation sites (N-methyl/N-ethyl adjacent to an activating group) is 1. The third kappa shape index (κ3) is 4.61. The molecule has 2 heterocycles. The third-order valence-corrected chi connectivity index (χ3v) is 6.42. The van der Waals surface area contributed by atoms with Gasteiger partial charge in [-0.2, -0.15) is 5.10 Å². The third-order valence-electron chi connectivity index (χ3n) is 6.42. The van der Waals surface area contributed by atoms with E-state index in [2.05, 4.69) is 16.7 Å². The van der Waals surface area contributed by atoms with Crippen molar-refractivity contribution < 1.29 is 9.18 Å². The zero-order chi connectivity index (χ0) is 22.1. The first-order valence-electron chi connectivity index (χ1n) is 11.5. The summed E-state index contributed by atoms with van der Waals surface area (Å²) in [5.74, 6) is 0.891. The molecule has 0 bridgehead atoms. The smallest absolute Gasteiger partial charge is 0.225 e. The summed E-state index contributed by atoms with van der Waals surface area (Å²) in [6, 6.07) is 6.93. The van der Waals surface area contributed by atoms with E-state index in [1.54, 1.807) is 6.07 Å². The first kappa shape index (κ1) is 21.8. The topological polar surface area (TPSA) is 44.6 Å². The van der Waals surface area contributed by atoms with Crippen molar-refractivity contribution in [3.63, 3.8) is 0 Å². The normalized spacial score (nSPS) is 17.4. The van der Waals surface area contributed by atoms with Crippen LogP contribution < -0.4 is 4.90 Å². The number of hydrogen-bond donors (Lipinski definition) is 0. The van der Waals surface area contributed by atoms with Gasteiger partial charge in [-0.25, -0.2) is 9.07 Å². The van der Waals surface area contributed by atoms with Crippen LogP contribution in [0.15, 0.2) is 24.3 Å². The molecule has 0 N–H and O–H groups in total. The Morgan fingerprint density at radius 1 is 1.23 bits per heavy atom. The average Bonchev–Trinajstić information content (AvgIpc) is 3.55. The average molecular weight is 428 g/mol. The molecule has 0 atom stereocenters. The maximum atomic E-state index is 14.0. The number of carbonyl (C=O) groups is 1. The van der Waals surface area contributed by atoms with E-state index in [1.165, 1.54) is 12.1 Å². The molecule has 4 rings (SSSR count). The Kier molecular flexibility index (Phi) is 6.32. The van der Waals surface area contributed by atoms with E-state index in [4.69, 9.17) is 5.10 Å². The lowest BCUT2D eigenvalue weighted by molar-refractivity contribution is -0.135. The summed E-state index contributed by atoms with van der Waals surface area (Å²) in [5.41, 5.74) is 2.70. The molecule has 1 aliphatic heterocycles. The predicted octanol–water partition coefficient (Wildman–Crippen LogP) is 3.61. The van der Waals surface area contributed by atoms with Gasteiger partial charge >= 0.3 is 0 Å². The fourth-order valence-corrected chi connectivity index (χ4v) is 4.40. The van der Waals surface area contributed by atoms with Crippen LogP contribution in [0, 0.1) is 18.7 Å². The van der Waals surface area contributed by atoms with E-state index in [1.807, 2.05) is 36.4 Å². The zero-order valence-corrected chi connectivity index (χ0v) is 19.1. The molecule has 1 aromatic heterocycles. The van der Waals surface area contributed by atoms with Gasteiger partial charge in [-0.05, 0) is 44.5 Å². The lowest BCUT2D eigenvalue weighted by Crippen LogP contribution is -2.47. The summed E-state index contributed by atoms with van der Waals surface area (Å²) < 4.78 is 15.9. The van der Waals surface area contributed by atoms with Gasteiger partial charge in [0.1, 0.15) is 11.6 Å². The molecule has 168 valence electrons. The second kappa shape index (κ2) is 8.99. The molecule has 1 aliphatic carbocycles. The Bertz CT molecular complexity index is 928. The Morgan fingerprint density at radius 3 is 2.52 bits per heavy atom. The van der Waals surface area contributed by atoms with E-state index in [0.29, 0.717) is 12.6 Å². The Morgan fingerprint density at radius 2 is 1.94 bits per heavy atom. The molecule has 0 unspecified atom stereocenters. The lowest BCUT2D eigenvalue weighted by atomic mass is 10.1. The highest BCUT2D eigenvalue weighted by atomic mass is 19.1. The predicted molar refractivity (Wildman–Crippen MR) is 121 cm³/mol. The van der Waals surface area contributed by atoms with Crippen molar-refractivity contribution >= 4 is 11.7 Å². The number of nitrogens with zero attached hydrogens (tertiary/aromatic N) is 5. The van der Waals surface area contributed by atoms with Crippen molar-refractivity contribution in [2.75, 3.05) is 37.6 Å². The molecule has 1 saturated carbocycles. The number of halogens is 1. The van der Waals surface area contributed by atoms with Crippen LogP contribution in [0.5, 0.6) is 0 Å². The molecule has 6 nitrogen and oxygen atoms in total. The summed E-state index contributed by atoms with van der Waals surface area (Å²) in [4.78, 5) is 19.8. The second-order valence-corrected chi connectivity index (χ2v) is 9.05. The molecule has 0 radical (unpaired) electrons. The number of aromatic nitrogens is 2. The van der Waals surface area contributed by atoms with Gasteiger partial charge in [0.2, 0.25) is 5.91 Å². The van der Waals surface area contributed by atoms with E-state index in [9.17, 15) is 9.18 Å². The minimum atomic E-state index is -0.274. The first-order chi connectivity index (χ1) is 14.9.